The number of rotatable bonds is 3. The van der Waals surface area contributed by atoms with Crippen molar-refractivity contribution in [2.75, 3.05) is 13.1 Å². The van der Waals surface area contributed by atoms with Crippen molar-refractivity contribution in [3.63, 3.8) is 0 Å². The number of aromatic nitrogens is 5. The topological polar surface area (TPSA) is 81.7 Å². The van der Waals surface area contributed by atoms with Crippen molar-refractivity contribution in [2.24, 2.45) is 0 Å². The van der Waals surface area contributed by atoms with Crippen molar-refractivity contribution >= 4 is 0 Å². The molecule has 3 heterocycles. The summed E-state index contributed by atoms with van der Waals surface area (Å²) in [6.07, 6.45) is 1.02. The molecule has 1 aliphatic heterocycles. The molecule has 0 spiro atoms. The number of nitrogens with zero attached hydrogens (tertiary/aromatic N) is 5. The lowest BCUT2D eigenvalue weighted by Gasteiger charge is -2.09. The van der Waals surface area contributed by atoms with Crippen molar-refractivity contribution in [2.45, 2.75) is 26.3 Å². The van der Waals surface area contributed by atoms with Crippen LogP contribution in [0.25, 0.3) is 23.0 Å². The van der Waals surface area contributed by atoms with Crippen LogP contribution in [0.3, 0.4) is 0 Å². The Balaban J connectivity index is 1.66. The summed E-state index contributed by atoms with van der Waals surface area (Å²) in [7, 11) is 0. The standard InChI is InChI=1S/C16H17FN6O/c1-9-3-4-11(7-13(9)17)15-19-16(24-21-15)14-10(2)23(22-20-14)12-5-6-18-8-12/h3-4,7,12,18H,5-6,8H2,1-2H3. The van der Waals surface area contributed by atoms with E-state index in [1.165, 1.54) is 6.07 Å². The van der Waals surface area contributed by atoms with E-state index >= 15 is 0 Å². The molecule has 0 amide bonds. The quantitative estimate of drug-likeness (QED) is 0.794. The average molecular weight is 328 g/mol. The van der Waals surface area contributed by atoms with Gasteiger partial charge in [-0.3, -0.25) is 0 Å². The van der Waals surface area contributed by atoms with Crippen LogP contribution in [0.15, 0.2) is 22.7 Å². The van der Waals surface area contributed by atoms with E-state index in [2.05, 4.69) is 25.8 Å². The van der Waals surface area contributed by atoms with Gasteiger partial charge >= 0.3 is 0 Å². The minimum Gasteiger partial charge on any atom is -0.332 e. The van der Waals surface area contributed by atoms with Crippen LogP contribution in [-0.2, 0) is 0 Å². The fourth-order valence-corrected chi connectivity index (χ4v) is 2.90. The molecular weight excluding hydrogens is 311 g/mol. The summed E-state index contributed by atoms with van der Waals surface area (Å²) in [5.41, 5.74) is 2.59. The lowest BCUT2D eigenvalue weighted by atomic mass is 10.1. The molecule has 0 radical (unpaired) electrons. The van der Waals surface area contributed by atoms with E-state index in [0.717, 1.165) is 25.2 Å². The highest BCUT2D eigenvalue weighted by molar-refractivity contribution is 5.59. The molecule has 3 aromatic rings. The van der Waals surface area contributed by atoms with Crippen molar-refractivity contribution in [3.8, 4) is 23.0 Å². The number of benzene rings is 1. The zero-order valence-electron chi connectivity index (χ0n) is 13.5. The van der Waals surface area contributed by atoms with Crippen LogP contribution >= 0.6 is 0 Å². The van der Waals surface area contributed by atoms with E-state index in [4.69, 9.17) is 4.52 Å². The van der Waals surface area contributed by atoms with Gasteiger partial charge < -0.3 is 9.84 Å². The van der Waals surface area contributed by atoms with Gasteiger partial charge in [-0.15, -0.1) is 5.10 Å². The molecule has 0 saturated carbocycles. The van der Waals surface area contributed by atoms with Gasteiger partial charge in [-0.2, -0.15) is 4.98 Å². The SMILES string of the molecule is Cc1ccc(-c2noc(-c3nnn(C4CCNC4)c3C)n2)cc1F. The van der Waals surface area contributed by atoms with Crippen LogP contribution < -0.4 is 5.32 Å². The molecule has 124 valence electrons. The molecule has 1 aromatic carbocycles. The molecule has 2 aromatic heterocycles. The fourth-order valence-electron chi connectivity index (χ4n) is 2.90. The number of nitrogens with one attached hydrogen (secondary N) is 1. The first kappa shape index (κ1) is 14.9. The van der Waals surface area contributed by atoms with Gasteiger partial charge in [-0.05, 0) is 38.4 Å². The predicted octanol–water partition coefficient (Wildman–Crippen LogP) is 2.29. The summed E-state index contributed by atoms with van der Waals surface area (Å²) >= 11 is 0. The van der Waals surface area contributed by atoms with E-state index in [-0.39, 0.29) is 5.82 Å². The Bertz CT molecular complexity index is 881. The van der Waals surface area contributed by atoms with E-state index in [1.54, 1.807) is 19.1 Å². The summed E-state index contributed by atoms with van der Waals surface area (Å²) in [5.74, 6) is 0.329. The Morgan fingerprint density at radius 1 is 1.33 bits per heavy atom. The van der Waals surface area contributed by atoms with E-state index < -0.39 is 0 Å². The Hall–Kier alpha value is -2.61. The monoisotopic (exact) mass is 328 g/mol. The van der Waals surface area contributed by atoms with Crippen LogP contribution in [0.5, 0.6) is 0 Å². The molecule has 7 nitrogen and oxygen atoms in total. The minimum atomic E-state index is -0.297. The van der Waals surface area contributed by atoms with Gasteiger partial charge in [0.05, 0.1) is 11.7 Å². The van der Waals surface area contributed by atoms with Gasteiger partial charge in [-0.25, -0.2) is 9.07 Å². The van der Waals surface area contributed by atoms with Gasteiger partial charge in [-0.1, -0.05) is 22.5 Å². The lowest BCUT2D eigenvalue weighted by Crippen LogP contribution is -2.15. The van der Waals surface area contributed by atoms with E-state index in [1.807, 2.05) is 11.6 Å². The maximum Gasteiger partial charge on any atom is 0.280 e. The molecule has 1 atom stereocenters. The van der Waals surface area contributed by atoms with Crippen molar-refractivity contribution in [1.29, 1.82) is 0 Å². The first-order valence-corrected chi connectivity index (χ1v) is 7.86. The highest BCUT2D eigenvalue weighted by Gasteiger charge is 2.24. The number of hydrogen-bond donors (Lipinski definition) is 1. The molecule has 0 bridgehead atoms. The molecule has 1 unspecified atom stereocenters. The average Bonchev–Trinajstić information content (AvgIpc) is 3.29. The second kappa shape index (κ2) is 5.79. The lowest BCUT2D eigenvalue weighted by molar-refractivity contribution is 0.430. The van der Waals surface area contributed by atoms with E-state index in [9.17, 15) is 4.39 Å². The number of hydrogen-bond acceptors (Lipinski definition) is 6. The third-order valence-corrected chi connectivity index (χ3v) is 4.37. The predicted molar refractivity (Wildman–Crippen MR) is 84.7 cm³/mol. The van der Waals surface area contributed by atoms with Crippen LogP contribution in [0, 0.1) is 19.7 Å². The highest BCUT2D eigenvalue weighted by atomic mass is 19.1. The smallest absolute Gasteiger partial charge is 0.280 e. The molecule has 1 fully saturated rings. The summed E-state index contributed by atoms with van der Waals surface area (Å²) < 4.78 is 20.9. The van der Waals surface area contributed by atoms with Gasteiger partial charge in [0.2, 0.25) is 5.82 Å². The molecule has 1 saturated heterocycles. The summed E-state index contributed by atoms with van der Waals surface area (Å²) in [6, 6.07) is 5.15. The minimum absolute atomic E-state index is 0.292. The third-order valence-electron chi connectivity index (χ3n) is 4.37. The number of aryl methyl sites for hydroxylation is 1. The maximum atomic E-state index is 13.7. The van der Waals surface area contributed by atoms with E-state index in [0.29, 0.717) is 34.6 Å². The zero-order chi connectivity index (χ0) is 16.7. The molecule has 4 rings (SSSR count). The maximum absolute atomic E-state index is 13.7. The normalized spacial score (nSPS) is 17.5. The molecule has 1 aliphatic rings. The Labute approximate surface area is 137 Å². The Morgan fingerprint density at radius 3 is 2.96 bits per heavy atom. The Kier molecular flexibility index (Phi) is 3.61. The second-order valence-electron chi connectivity index (χ2n) is 6.00. The van der Waals surface area contributed by atoms with Gasteiger partial charge in [0, 0.05) is 12.1 Å². The zero-order valence-corrected chi connectivity index (χ0v) is 13.5. The summed E-state index contributed by atoms with van der Waals surface area (Å²) in [6.45, 7) is 5.49. The molecule has 0 aliphatic carbocycles. The molecule has 1 N–H and O–H groups in total. The van der Waals surface area contributed by atoms with Crippen LogP contribution in [0.2, 0.25) is 0 Å². The molecule has 8 heteroatoms. The van der Waals surface area contributed by atoms with Crippen LogP contribution in [-0.4, -0.2) is 38.2 Å². The largest absolute Gasteiger partial charge is 0.332 e. The van der Waals surface area contributed by atoms with Crippen LogP contribution in [0.4, 0.5) is 4.39 Å². The first-order chi connectivity index (χ1) is 11.6. The van der Waals surface area contributed by atoms with Crippen LogP contribution in [0.1, 0.15) is 23.7 Å². The second-order valence-corrected chi connectivity index (χ2v) is 6.00. The third kappa shape index (κ3) is 2.48. The van der Waals surface area contributed by atoms with Crippen molar-refractivity contribution in [1.82, 2.24) is 30.5 Å². The first-order valence-electron chi connectivity index (χ1n) is 7.86. The summed E-state index contributed by atoms with van der Waals surface area (Å²) in [4.78, 5) is 4.35. The summed E-state index contributed by atoms with van der Waals surface area (Å²) in [5, 5.41) is 15.7. The molecule has 24 heavy (non-hydrogen) atoms. The van der Waals surface area contributed by atoms with Crippen molar-refractivity contribution in [3.05, 3.63) is 35.3 Å². The van der Waals surface area contributed by atoms with Gasteiger partial charge in [0.15, 0.2) is 5.69 Å². The molecular formula is C16H17FN6O. The Morgan fingerprint density at radius 2 is 2.21 bits per heavy atom. The van der Waals surface area contributed by atoms with Gasteiger partial charge in [0.25, 0.3) is 5.89 Å². The fraction of sp³-hybridized carbons (Fsp3) is 0.375. The van der Waals surface area contributed by atoms with Crippen molar-refractivity contribution < 1.29 is 8.91 Å². The number of halogens is 1. The highest BCUT2D eigenvalue weighted by Crippen LogP contribution is 2.26. The van der Waals surface area contributed by atoms with Gasteiger partial charge in [0.1, 0.15) is 5.82 Å².